The number of thiocarbonyl (C=S) groups is 1. The van der Waals surface area contributed by atoms with Crippen LogP contribution in [0.5, 0.6) is 5.75 Å². The lowest BCUT2D eigenvalue weighted by atomic mass is 10.1. The number of ether oxygens (including phenoxy) is 1. The molecule has 0 spiro atoms. The molecule has 30 heavy (non-hydrogen) atoms. The minimum atomic E-state index is -0.534. The maximum atomic E-state index is 13.3. The molecule has 3 aromatic rings. The molecule has 0 aliphatic carbocycles. The van der Waals surface area contributed by atoms with Crippen molar-refractivity contribution in [2.75, 3.05) is 12.0 Å². The van der Waals surface area contributed by atoms with Gasteiger partial charge in [0, 0.05) is 17.6 Å². The molecule has 2 amide bonds. The average Bonchev–Trinajstić information content (AvgIpc) is 3.20. The van der Waals surface area contributed by atoms with Crippen molar-refractivity contribution in [1.29, 1.82) is 0 Å². The first-order chi connectivity index (χ1) is 14.5. The molecule has 1 N–H and O–H groups in total. The van der Waals surface area contributed by atoms with E-state index in [1.807, 2.05) is 54.1 Å². The van der Waals surface area contributed by atoms with Gasteiger partial charge in [0.05, 0.1) is 12.8 Å². The van der Waals surface area contributed by atoms with Gasteiger partial charge in [0.1, 0.15) is 11.3 Å². The number of amides is 2. The number of hydrogen-bond donors (Lipinski definition) is 1. The standard InChI is InChI=1S/C23H19N3O3S/c1-15-9-11-16(12-10-15)25-13-5-6-17(25)14-18-21(27)24-23(30)26(22(18)28)19-7-3-4-8-20(19)29-2/h3-14H,1-2H3,(H,24,27,30)/b18-14+. The van der Waals surface area contributed by atoms with Crippen molar-refractivity contribution in [3.63, 3.8) is 0 Å². The fraction of sp³-hybridized carbons (Fsp3) is 0.0870. The Bertz CT molecular complexity index is 1180. The molecule has 0 radical (unpaired) electrons. The number of hydrogen-bond acceptors (Lipinski definition) is 4. The van der Waals surface area contributed by atoms with Gasteiger partial charge >= 0.3 is 0 Å². The van der Waals surface area contributed by atoms with E-state index in [2.05, 4.69) is 5.32 Å². The highest BCUT2D eigenvalue weighted by atomic mass is 32.1. The lowest BCUT2D eigenvalue weighted by Crippen LogP contribution is -2.54. The van der Waals surface area contributed by atoms with Crippen LogP contribution in [-0.4, -0.2) is 28.6 Å². The number of aromatic nitrogens is 1. The second kappa shape index (κ2) is 7.96. The van der Waals surface area contributed by atoms with Gasteiger partial charge in [-0.25, -0.2) is 4.90 Å². The first kappa shape index (κ1) is 19.6. The number of aryl methyl sites for hydroxylation is 1. The van der Waals surface area contributed by atoms with Crippen LogP contribution < -0.4 is 15.0 Å². The number of methoxy groups -OCH3 is 1. The van der Waals surface area contributed by atoms with Crippen LogP contribution >= 0.6 is 12.2 Å². The van der Waals surface area contributed by atoms with Crippen molar-refractivity contribution in [3.05, 3.63) is 83.7 Å². The number of nitrogens with one attached hydrogen (secondary N) is 1. The highest BCUT2D eigenvalue weighted by Gasteiger charge is 2.35. The molecule has 2 heterocycles. The molecule has 4 rings (SSSR count). The number of carbonyl (C=O) groups excluding carboxylic acids is 2. The van der Waals surface area contributed by atoms with Crippen LogP contribution in [0.2, 0.25) is 0 Å². The van der Waals surface area contributed by atoms with Crippen molar-refractivity contribution in [2.24, 2.45) is 0 Å². The van der Waals surface area contributed by atoms with Crippen molar-refractivity contribution < 1.29 is 14.3 Å². The van der Waals surface area contributed by atoms with Crippen molar-refractivity contribution >= 4 is 40.9 Å². The summed E-state index contributed by atoms with van der Waals surface area (Å²) in [5, 5.41) is 2.62. The first-order valence-electron chi connectivity index (χ1n) is 9.28. The fourth-order valence-electron chi connectivity index (χ4n) is 3.29. The molecule has 0 bridgehead atoms. The second-order valence-electron chi connectivity index (χ2n) is 6.77. The van der Waals surface area contributed by atoms with Gasteiger partial charge < -0.3 is 9.30 Å². The Morgan fingerprint density at radius 3 is 2.47 bits per heavy atom. The molecule has 2 aromatic carbocycles. The van der Waals surface area contributed by atoms with E-state index >= 15 is 0 Å². The number of carbonyl (C=O) groups is 2. The van der Waals surface area contributed by atoms with Crippen LogP contribution in [0, 0.1) is 6.92 Å². The van der Waals surface area contributed by atoms with Crippen LogP contribution in [0.15, 0.2) is 72.4 Å². The molecular weight excluding hydrogens is 398 g/mol. The van der Waals surface area contributed by atoms with Gasteiger partial charge in [0.2, 0.25) is 0 Å². The number of rotatable bonds is 4. The SMILES string of the molecule is COc1ccccc1N1C(=O)/C(=C/c2cccn2-c2ccc(C)cc2)C(=O)NC1=S. The Kier molecular flexibility index (Phi) is 5.20. The normalized spacial score (nSPS) is 15.5. The summed E-state index contributed by atoms with van der Waals surface area (Å²) < 4.78 is 7.27. The third kappa shape index (κ3) is 3.51. The molecule has 1 aliphatic rings. The summed E-state index contributed by atoms with van der Waals surface area (Å²) in [7, 11) is 1.51. The molecule has 1 saturated heterocycles. The predicted molar refractivity (Wildman–Crippen MR) is 120 cm³/mol. The van der Waals surface area contributed by atoms with E-state index in [4.69, 9.17) is 17.0 Å². The maximum absolute atomic E-state index is 13.3. The quantitative estimate of drug-likeness (QED) is 0.400. The minimum Gasteiger partial charge on any atom is -0.495 e. The number of benzene rings is 2. The van der Waals surface area contributed by atoms with Crippen molar-refractivity contribution in [2.45, 2.75) is 6.92 Å². The molecule has 1 fully saturated rings. The summed E-state index contributed by atoms with van der Waals surface area (Å²) in [5.41, 5.74) is 3.23. The molecule has 1 aliphatic heterocycles. The highest BCUT2D eigenvalue weighted by molar-refractivity contribution is 7.80. The predicted octanol–water partition coefficient (Wildman–Crippen LogP) is 3.63. The Labute approximate surface area is 179 Å². The molecule has 6 nitrogen and oxygen atoms in total. The van der Waals surface area contributed by atoms with Gasteiger partial charge in [0.15, 0.2) is 5.11 Å². The average molecular weight is 417 g/mol. The lowest BCUT2D eigenvalue weighted by molar-refractivity contribution is -0.122. The monoisotopic (exact) mass is 417 g/mol. The van der Waals surface area contributed by atoms with E-state index in [0.717, 1.165) is 11.3 Å². The van der Waals surface area contributed by atoms with Gasteiger partial charge in [-0.3, -0.25) is 14.9 Å². The van der Waals surface area contributed by atoms with Gasteiger partial charge in [-0.1, -0.05) is 29.8 Å². The Balaban J connectivity index is 1.76. The van der Waals surface area contributed by atoms with Crippen LogP contribution in [0.25, 0.3) is 11.8 Å². The summed E-state index contributed by atoms with van der Waals surface area (Å²) in [6.45, 7) is 2.02. The largest absolute Gasteiger partial charge is 0.495 e. The first-order valence-corrected chi connectivity index (χ1v) is 9.69. The number of nitrogens with zero attached hydrogens (tertiary/aromatic N) is 2. The zero-order chi connectivity index (χ0) is 21.3. The summed E-state index contributed by atoms with van der Waals surface area (Å²) >= 11 is 5.27. The zero-order valence-electron chi connectivity index (χ0n) is 16.5. The van der Waals surface area contributed by atoms with Crippen LogP contribution in [0.3, 0.4) is 0 Å². The van der Waals surface area contributed by atoms with E-state index in [1.54, 1.807) is 30.3 Å². The van der Waals surface area contributed by atoms with Crippen molar-refractivity contribution in [3.8, 4) is 11.4 Å². The number of anilines is 1. The number of para-hydroxylation sites is 2. The van der Waals surface area contributed by atoms with Gasteiger partial charge in [-0.2, -0.15) is 0 Å². The van der Waals surface area contributed by atoms with E-state index in [9.17, 15) is 9.59 Å². The van der Waals surface area contributed by atoms with E-state index in [-0.39, 0.29) is 10.7 Å². The Morgan fingerprint density at radius 2 is 1.73 bits per heavy atom. The summed E-state index contributed by atoms with van der Waals surface area (Å²) in [5.74, 6) is -0.565. The summed E-state index contributed by atoms with van der Waals surface area (Å²) in [6.07, 6.45) is 3.45. The van der Waals surface area contributed by atoms with Gasteiger partial charge in [-0.05, 0) is 61.6 Å². The Hall–Kier alpha value is -3.71. The Morgan fingerprint density at radius 1 is 1.00 bits per heavy atom. The third-order valence-electron chi connectivity index (χ3n) is 4.81. The minimum absolute atomic E-state index is 0.0124. The fourth-order valence-corrected chi connectivity index (χ4v) is 3.56. The molecule has 0 saturated carbocycles. The third-order valence-corrected chi connectivity index (χ3v) is 5.10. The van der Waals surface area contributed by atoms with Crippen LogP contribution in [0.1, 0.15) is 11.3 Å². The second-order valence-corrected chi connectivity index (χ2v) is 7.16. The molecule has 0 unspecified atom stereocenters. The highest BCUT2D eigenvalue weighted by Crippen LogP contribution is 2.31. The molecule has 150 valence electrons. The summed E-state index contributed by atoms with van der Waals surface area (Å²) in [4.78, 5) is 27.2. The van der Waals surface area contributed by atoms with Crippen LogP contribution in [0.4, 0.5) is 5.69 Å². The van der Waals surface area contributed by atoms with Gasteiger partial charge in [-0.15, -0.1) is 0 Å². The molecular formula is C23H19N3O3S. The van der Waals surface area contributed by atoms with E-state index in [0.29, 0.717) is 17.1 Å². The smallest absolute Gasteiger partial charge is 0.270 e. The molecule has 7 heteroatoms. The van der Waals surface area contributed by atoms with Crippen LogP contribution in [-0.2, 0) is 9.59 Å². The topological polar surface area (TPSA) is 63.6 Å². The lowest BCUT2D eigenvalue weighted by Gasteiger charge is -2.29. The summed E-state index contributed by atoms with van der Waals surface area (Å²) in [6, 6.07) is 18.7. The maximum Gasteiger partial charge on any atom is 0.270 e. The van der Waals surface area contributed by atoms with E-state index in [1.165, 1.54) is 12.0 Å². The van der Waals surface area contributed by atoms with Gasteiger partial charge in [0.25, 0.3) is 11.8 Å². The van der Waals surface area contributed by atoms with Crippen molar-refractivity contribution in [1.82, 2.24) is 9.88 Å². The molecule has 0 atom stereocenters. The molecule has 1 aromatic heterocycles. The van der Waals surface area contributed by atoms with E-state index < -0.39 is 11.8 Å². The zero-order valence-corrected chi connectivity index (χ0v) is 17.3.